The van der Waals surface area contributed by atoms with Crippen LogP contribution in [-0.4, -0.2) is 30.6 Å². The van der Waals surface area contributed by atoms with Crippen LogP contribution >= 0.6 is 0 Å². The molecule has 13 heavy (non-hydrogen) atoms. The van der Waals surface area contributed by atoms with Gasteiger partial charge in [-0.25, -0.2) is 0 Å². The summed E-state index contributed by atoms with van der Waals surface area (Å²) in [5.41, 5.74) is 5.18. The summed E-state index contributed by atoms with van der Waals surface area (Å²) in [6.07, 6.45) is 3.50. The molecule has 1 aliphatic heterocycles. The average Bonchev–Trinajstić information content (AvgIpc) is 2.74. The molecule has 0 fully saturated rings. The Bertz CT molecular complexity index is 222. The predicted molar refractivity (Wildman–Crippen MR) is 51.5 cm³/mol. The van der Waals surface area contributed by atoms with Crippen molar-refractivity contribution >= 4 is 5.90 Å². The molecule has 0 saturated heterocycles. The van der Waals surface area contributed by atoms with E-state index in [2.05, 4.69) is 9.98 Å². The van der Waals surface area contributed by atoms with Crippen LogP contribution in [-0.2, 0) is 4.74 Å². The third-order valence-corrected chi connectivity index (χ3v) is 1.39. The average molecular weight is 179 g/mol. The number of rotatable bonds is 1. The molecule has 1 aromatic rings. The van der Waals surface area contributed by atoms with E-state index in [-0.39, 0.29) is 0 Å². The van der Waals surface area contributed by atoms with Gasteiger partial charge in [0.1, 0.15) is 6.61 Å². The summed E-state index contributed by atoms with van der Waals surface area (Å²) in [4.78, 5) is 7.71. The molecular formula is C9H13N3O. The Kier molecular flexibility index (Phi) is 4.56. The Balaban J connectivity index is 0.000000132. The highest BCUT2D eigenvalue weighted by Crippen LogP contribution is 1.89. The van der Waals surface area contributed by atoms with E-state index in [1.165, 1.54) is 0 Å². The third kappa shape index (κ3) is 4.22. The summed E-state index contributed by atoms with van der Waals surface area (Å²) >= 11 is 0. The molecule has 2 heterocycles. The van der Waals surface area contributed by atoms with Crippen LogP contribution < -0.4 is 5.73 Å². The lowest BCUT2D eigenvalue weighted by Crippen LogP contribution is -2.13. The molecule has 0 saturated carbocycles. The minimum atomic E-state index is 0.444. The topological polar surface area (TPSA) is 60.5 Å². The first-order chi connectivity index (χ1) is 6.43. The van der Waals surface area contributed by atoms with Gasteiger partial charge in [0.2, 0.25) is 0 Å². The summed E-state index contributed by atoms with van der Waals surface area (Å²) in [5.74, 6) is 0.694. The van der Waals surface area contributed by atoms with E-state index in [9.17, 15) is 0 Å². The molecule has 0 radical (unpaired) electrons. The predicted octanol–water partition coefficient (Wildman–Crippen LogP) is 0.455. The normalized spacial score (nSPS) is 13.8. The smallest absolute Gasteiger partial charge is 0.197 e. The highest BCUT2D eigenvalue weighted by Gasteiger charge is 2.01. The second-order valence-corrected chi connectivity index (χ2v) is 2.35. The van der Waals surface area contributed by atoms with Crippen LogP contribution in [0.15, 0.2) is 35.6 Å². The molecule has 0 amide bonds. The summed E-state index contributed by atoms with van der Waals surface area (Å²) in [7, 11) is 0. The van der Waals surface area contributed by atoms with Gasteiger partial charge >= 0.3 is 0 Å². The zero-order valence-electron chi connectivity index (χ0n) is 7.39. The molecule has 0 unspecified atom stereocenters. The van der Waals surface area contributed by atoms with E-state index in [1.54, 1.807) is 12.4 Å². The Morgan fingerprint density at radius 1 is 1.31 bits per heavy atom. The van der Waals surface area contributed by atoms with Crippen LogP contribution in [0.1, 0.15) is 0 Å². The summed E-state index contributed by atoms with van der Waals surface area (Å²) in [6.45, 7) is 1.94. The quantitative estimate of drug-likeness (QED) is 0.681. The minimum Gasteiger partial charge on any atom is -0.478 e. The van der Waals surface area contributed by atoms with Crippen molar-refractivity contribution < 1.29 is 4.74 Å². The molecule has 1 aliphatic rings. The molecule has 1 aromatic heterocycles. The van der Waals surface area contributed by atoms with Crippen LogP contribution in [0.5, 0.6) is 0 Å². The fourth-order valence-electron chi connectivity index (χ4n) is 0.816. The number of nitrogens with zero attached hydrogens (tertiary/aromatic N) is 2. The van der Waals surface area contributed by atoms with Crippen LogP contribution in [0.2, 0.25) is 0 Å². The number of ether oxygens (including phenoxy) is 1. The standard InChI is InChI=1S/C5H5N.C4H8N2O/c1-2-4-6-5-3-1;5-3-4-6-1-2-7-4/h1-5H;1-3,5H2. The first-order valence-electron chi connectivity index (χ1n) is 4.14. The SMILES string of the molecule is NCC1=NCCO1.c1ccncc1. The zero-order chi connectivity index (χ0) is 9.36. The van der Waals surface area contributed by atoms with Crippen molar-refractivity contribution in [1.29, 1.82) is 0 Å². The number of aromatic nitrogens is 1. The Morgan fingerprint density at radius 3 is 2.31 bits per heavy atom. The van der Waals surface area contributed by atoms with Gasteiger partial charge in [-0.1, -0.05) is 6.07 Å². The van der Waals surface area contributed by atoms with Gasteiger partial charge in [-0.2, -0.15) is 0 Å². The van der Waals surface area contributed by atoms with E-state index in [0.29, 0.717) is 19.0 Å². The summed E-state index contributed by atoms with van der Waals surface area (Å²) in [5, 5.41) is 0. The van der Waals surface area contributed by atoms with Crippen LogP contribution in [0.4, 0.5) is 0 Å². The number of nitrogens with two attached hydrogens (primary N) is 1. The second-order valence-electron chi connectivity index (χ2n) is 2.35. The van der Waals surface area contributed by atoms with Gasteiger partial charge in [-0.05, 0) is 12.1 Å². The van der Waals surface area contributed by atoms with Crippen molar-refractivity contribution in [2.75, 3.05) is 19.7 Å². The molecule has 70 valence electrons. The van der Waals surface area contributed by atoms with Crippen LogP contribution in [0, 0.1) is 0 Å². The fraction of sp³-hybridized carbons (Fsp3) is 0.333. The molecular weight excluding hydrogens is 166 g/mol. The van der Waals surface area contributed by atoms with Gasteiger partial charge in [0.25, 0.3) is 0 Å². The van der Waals surface area contributed by atoms with E-state index in [0.717, 1.165) is 6.54 Å². The lowest BCUT2D eigenvalue weighted by Gasteiger charge is -1.91. The maximum atomic E-state index is 5.18. The number of hydrogen-bond donors (Lipinski definition) is 1. The van der Waals surface area contributed by atoms with E-state index >= 15 is 0 Å². The van der Waals surface area contributed by atoms with Gasteiger partial charge in [-0.3, -0.25) is 9.98 Å². The lowest BCUT2D eigenvalue weighted by atomic mass is 10.5. The highest BCUT2D eigenvalue weighted by atomic mass is 16.5. The highest BCUT2D eigenvalue weighted by molar-refractivity contribution is 5.78. The third-order valence-electron chi connectivity index (χ3n) is 1.39. The van der Waals surface area contributed by atoms with Crippen molar-refractivity contribution in [3.63, 3.8) is 0 Å². The molecule has 0 atom stereocenters. The van der Waals surface area contributed by atoms with Crippen molar-refractivity contribution in [1.82, 2.24) is 4.98 Å². The molecule has 0 aliphatic carbocycles. The van der Waals surface area contributed by atoms with Gasteiger partial charge in [-0.15, -0.1) is 0 Å². The molecule has 2 rings (SSSR count). The van der Waals surface area contributed by atoms with Crippen molar-refractivity contribution in [3.05, 3.63) is 30.6 Å². The van der Waals surface area contributed by atoms with Crippen molar-refractivity contribution in [2.24, 2.45) is 10.7 Å². The van der Waals surface area contributed by atoms with Crippen LogP contribution in [0.3, 0.4) is 0 Å². The van der Waals surface area contributed by atoms with Gasteiger partial charge in [0.05, 0.1) is 13.1 Å². The first kappa shape index (κ1) is 9.67. The van der Waals surface area contributed by atoms with Gasteiger partial charge in [0, 0.05) is 12.4 Å². The zero-order valence-corrected chi connectivity index (χ0v) is 7.39. The molecule has 0 spiro atoms. The summed E-state index contributed by atoms with van der Waals surface area (Å²) in [6, 6.07) is 5.72. The second kappa shape index (κ2) is 6.14. The molecule has 0 bridgehead atoms. The number of pyridine rings is 1. The maximum Gasteiger partial charge on any atom is 0.197 e. The summed E-state index contributed by atoms with van der Waals surface area (Å²) < 4.78 is 4.93. The van der Waals surface area contributed by atoms with E-state index in [4.69, 9.17) is 10.5 Å². The maximum absolute atomic E-state index is 5.18. The van der Waals surface area contributed by atoms with E-state index < -0.39 is 0 Å². The first-order valence-corrected chi connectivity index (χ1v) is 4.14. The molecule has 0 aromatic carbocycles. The molecule has 2 N–H and O–H groups in total. The minimum absolute atomic E-state index is 0.444. The van der Waals surface area contributed by atoms with E-state index in [1.807, 2.05) is 18.2 Å². The van der Waals surface area contributed by atoms with Crippen molar-refractivity contribution in [3.8, 4) is 0 Å². The monoisotopic (exact) mass is 179 g/mol. The largest absolute Gasteiger partial charge is 0.478 e. The Labute approximate surface area is 77.5 Å². The van der Waals surface area contributed by atoms with Crippen molar-refractivity contribution in [2.45, 2.75) is 0 Å². The lowest BCUT2D eigenvalue weighted by molar-refractivity contribution is 0.342. The molecule has 4 nitrogen and oxygen atoms in total. The Morgan fingerprint density at radius 2 is 2.08 bits per heavy atom. The van der Waals surface area contributed by atoms with Gasteiger partial charge < -0.3 is 10.5 Å². The molecule has 4 heteroatoms. The number of aliphatic imine (C=N–C) groups is 1. The van der Waals surface area contributed by atoms with Gasteiger partial charge in [0.15, 0.2) is 5.90 Å². The van der Waals surface area contributed by atoms with Crippen LogP contribution in [0.25, 0.3) is 0 Å². The fourth-order valence-corrected chi connectivity index (χ4v) is 0.816. The Hall–Kier alpha value is -1.42. The number of hydrogen-bond acceptors (Lipinski definition) is 4.